The molecule has 0 bridgehead atoms. The standard InChI is InChI=1S/C21H26F2N6O2/c1-20(2,3)13-31-19-24-17(28-10-9-21(22,23)12-28)16-18(25-19)29(27-26-16)11-14-5-7-15(30-4)8-6-14/h5-8H,9-13H2,1-4H3. The number of methoxy groups -OCH3 is 1. The normalized spacial score (nSPS) is 16.1. The van der Waals surface area contributed by atoms with Crippen LogP contribution in [-0.2, 0) is 6.54 Å². The molecule has 0 atom stereocenters. The third-order valence-corrected chi connectivity index (χ3v) is 4.92. The number of alkyl halides is 2. The van der Waals surface area contributed by atoms with E-state index in [-0.39, 0.29) is 24.4 Å². The van der Waals surface area contributed by atoms with E-state index in [9.17, 15) is 8.78 Å². The molecule has 3 heterocycles. The summed E-state index contributed by atoms with van der Waals surface area (Å²) in [6.45, 7) is 6.65. The van der Waals surface area contributed by atoms with E-state index >= 15 is 0 Å². The average molecular weight is 432 g/mol. The van der Waals surface area contributed by atoms with E-state index in [1.165, 1.54) is 4.90 Å². The fourth-order valence-electron chi connectivity index (χ4n) is 3.32. The first-order valence-electron chi connectivity index (χ1n) is 10.1. The van der Waals surface area contributed by atoms with Gasteiger partial charge in [-0.1, -0.05) is 38.1 Å². The topological polar surface area (TPSA) is 78.2 Å². The Balaban J connectivity index is 1.71. The lowest BCUT2D eigenvalue weighted by molar-refractivity contribution is 0.0257. The van der Waals surface area contributed by atoms with Crippen LogP contribution in [0, 0.1) is 5.41 Å². The number of rotatable bonds is 6. The summed E-state index contributed by atoms with van der Waals surface area (Å²) in [7, 11) is 1.61. The van der Waals surface area contributed by atoms with Gasteiger partial charge in [0.05, 0.1) is 26.8 Å². The van der Waals surface area contributed by atoms with Gasteiger partial charge in [0.25, 0.3) is 5.92 Å². The molecule has 1 aliphatic heterocycles. The van der Waals surface area contributed by atoms with Crippen LogP contribution in [0.4, 0.5) is 14.6 Å². The molecular weight excluding hydrogens is 406 g/mol. The number of aromatic nitrogens is 5. The predicted octanol–water partition coefficient (Wildman–Crippen LogP) is 3.55. The fourth-order valence-corrected chi connectivity index (χ4v) is 3.32. The third kappa shape index (κ3) is 4.83. The first-order chi connectivity index (χ1) is 14.6. The number of halogens is 2. The molecule has 0 amide bonds. The second-order valence-corrected chi connectivity index (χ2v) is 8.97. The third-order valence-electron chi connectivity index (χ3n) is 4.92. The van der Waals surface area contributed by atoms with Crippen LogP contribution in [0.15, 0.2) is 24.3 Å². The highest BCUT2D eigenvalue weighted by molar-refractivity contribution is 5.83. The van der Waals surface area contributed by atoms with Crippen LogP contribution in [0.3, 0.4) is 0 Å². The van der Waals surface area contributed by atoms with Crippen molar-refractivity contribution >= 4 is 17.0 Å². The molecule has 0 radical (unpaired) electrons. The first-order valence-corrected chi connectivity index (χ1v) is 10.1. The second-order valence-electron chi connectivity index (χ2n) is 8.97. The molecule has 0 unspecified atom stereocenters. The van der Waals surface area contributed by atoms with Crippen LogP contribution >= 0.6 is 0 Å². The molecule has 0 saturated carbocycles. The summed E-state index contributed by atoms with van der Waals surface area (Å²) in [5, 5.41) is 8.43. The van der Waals surface area contributed by atoms with Gasteiger partial charge in [0, 0.05) is 13.0 Å². The highest BCUT2D eigenvalue weighted by Crippen LogP contribution is 2.33. The Bertz CT molecular complexity index is 1060. The van der Waals surface area contributed by atoms with Crippen molar-refractivity contribution in [3.63, 3.8) is 0 Å². The van der Waals surface area contributed by atoms with E-state index in [2.05, 4.69) is 20.3 Å². The molecule has 1 saturated heterocycles. The van der Waals surface area contributed by atoms with E-state index in [0.717, 1.165) is 11.3 Å². The number of benzene rings is 1. The van der Waals surface area contributed by atoms with Crippen LogP contribution in [0.1, 0.15) is 32.8 Å². The molecule has 1 fully saturated rings. The minimum absolute atomic E-state index is 0.110. The van der Waals surface area contributed by atoms with Crippen LogP contribution in [0.5, 0.6) is 11.8 Å². The summed E-state index contributed by atoms with van der Waals surface area (Å²) < 4.78 is 40.4. The highest BCUT2D eigenvalue weighted by atomic mass is 19.3. The summed E-state index contributed by atoms with van der Waals surface area (Å²) in [5.74, 6) is -1.68. The maximum atomic E-state index is 13.9. The second kappa shape index (κ2) is 7.90. The zero-order valence-electron chi connectivity index (χ0n) is 18.1. The molecule has 10 heteroatoms. The molecule has 2 aromatic heterocycles. The van der Waals surface area contributed by atoms with Crippen molar-refractivity contribution in [2.75, 3.05) is 31.7 Å². The summed E-state index contributed by atoms with van der Waals surface area (Å²) in [4.78, 5) is 10.5. The lowest BCUT2D eigenvalue weighted by Crippen LogP contribution is -2.26. The number of hydrogen-bond acceptors (Lipinski definition) is 7. The van der Waals surface area contributed by atoms with Crippen molar-refractivity contribution in [3.05, 3.63) is 29.8 Å². The first kappa shape index (κ1) is 21.2. The van der Waals surface area contributed by atoms with Crippen molar-refractivity contribution in [1.29, 1.82) is 0 Å². The molecule has 0 N–H and O–H groups in total. The molecule has 1 aromatic carbocycles. The van der Waals surface area contributed by atoms with Crippen molar-refractivity contribution in [3.8, 4) is 11.8 Å². The number of ether oxygens (including phenoxy) is 2. The van der Waals surface area contributed by atoms with Crippen molar-refractivity contribution in [1.82, 2.24) is 25.0 Å². The smallest absolute Gasteiger partial charge is 0.320 e. The maximum Gasteiger partial charge on any atom is 0.320 e. The van der Waals surface area contributed by atoms with Crippen LogP contribution < -0.4 is 14.4 Å². The monoisotopic (exact) mass is 432 g/mol. The summed E-state index contributed by atoms with van der Waals surface area (Å²) in [5.41, 5.74) is 1.69. The molecule has 166 valence electrons. The van der Waals surface area contributed by atoms with Gasteiger partial charge in [-0.15, -0.1) is 5.10 Å². The largest absolute Gasteiger partial charge is 0.497 e. The lowest BCUT2D eigenvalue weighted by atomic mass is 9.99. The Morgan fingerprint density at radius 3 is 2.48 bits per heavy atom. The van der Waals surface area contributed by atoms with E-state index < -0.39 is 12.5 Å². The van der Waals surface area contributed by atoms with Gasteiger partial charge in [0.2, 0.25) is 0 Å². The molecule has 31 heavy (non-hydrogen) atoms. The van der Waals surface area contributed by atoms with Crippen LogP contribution in [-0.4, -0.2) is 57.7 Å². The van der Waals surface area contributed by atoms with Gasteiger partial charge in [-0.3, -0.25) is 0 Å². The Labute approximate surface area is 179 Å². The fraction of sp³-hybridized carbons (Fsp3) is 0.524. The van der Waals surface area contributed by atoms with E-state index in [1.54, 1.807) is 11.8 Å². The molecule has 3 aromatic rings. The molecule has 0 aliphatic carbocycles. The lowest BCUT2D eigenvalue weighted by Gasteiger charge is -2.20. The minimum Gasteiger partial charge on any atom is -0.497 e. The van der Waals surface area contributed by atoms with Gasteiger partial charge in [-0.2, -0.15) is 9.97 Å². The molecule has 0 spiro atoms. The predicted molar refractivity (Wildman–Crippen MR) is 112 cm³/mol. The Morgan fingerprint density at radius 2 is 1.87 bits per heavy atom. The highest BCUT2D eigenvalue weighted by Gasteiger charge is 2.40. The average Bonchev–Trinajstić information content (AvgIpc) is 3.29. The Morgan fingerprint density at radius 1 is 1.13 bits per heavy atom. The van der Waals surface area contributed by atoms with Gasteiger partial charge < -0.3 is 14.4 Å². The quantitative estimate of drug-likeness (QED) is 0.589. The van der Waals surface area contributed by atoms with Gasteiger partial charge in [0.1, 0.15) is 5.75 Å². The molecule has 4 rings (SSSR count). The van der Waals surface area contributed by atoms with E-state index in [4.69, 9.17) is 9.47 Å². The van der Waals surface area contributed by atoms with Gasteiger partial charge in [-0.25, -0.2) is 13.5 Å². The zero-order chi connectivity index (χ0) is 22.2. The number of nitrogens with zero attached hydrogens (tertiary/aromatic N) is 6. The summed E-state index contributed by atoms with van der Waals surface area (Å²) >= 11 is 0. The molecule has 8 nitrogen and oxygen atoms in total. The Hall–Kier alpha value is -3.04. The van der Waals surface area contributed by atoms with E-state index in [0.29, 0.717) is 30.1 Å². The number of fused-ring (bicyclic) bond motifs is 1. The van der Waals surface area contributed by atoms with Crippen molar-refractivity contribution in [2.45, 2.75) is 39.7 Å². The minimum atomic E-state index is -2.76. The van der Waals surface area contributed by atoms with Crippen molar-refractivity contribution < 1.29 is 18.3 Å². The summed E-state index contributed by atoms with van der Waals surface area (Å²) in [6, 6.07) is 7.70. The summed E-state index contributed by atoms with van der Waals surface area (Å²) in [6.07, 6.45) is -0.226. The van der Waals surface area contributed by atoms with Gasteiger partial charge >= 0.3 is 6.01 Å². The number of anilines is 1. The van der Waals surface area contributed by atoms with E-state index in [1.807, 2.05) is 45.0 Å². The zero-order valence-corrected chi connectivity index (χ0v) is 18.1. The SMILES string of the molecule is COc1ccc(Cn2nnc3c(N4CCC(F)(F)C4)nc(OCC(C)(C)C)nc32)cc1. The van der Waals surface area contributed by atoms with Gasteiger partial charge in [0.15, 0.2) is 17.0 Å². The number of hydrogen-bond donors (Lipinski definition) is 0. The maximum absolute atomic E-state index is 13.9. The van der Waals surface area contributed by atoms with Crippen LogP contribution in [0.25, 0.3) is 11.2 Å². The van der Waals surface area contributed by atoms with Crippen LogP contribution in [0.2, 0.25) is 0 Å². The molecule has 1 aliphatic rings. The molecular formula is C21H26F2N6O2. The Kier molecular flexibility index (Phi) is 5.40. The van der Waals surface area contributed by atoms with Gasteiger partial charge in [-0.05, 0) is 23.1 Å². The van der Waals surface area contributed by atoms with Crippen molar-refractivity contribution in [2.24, 2.45) is 5.41 Å².